The number of carbonyl (C=O) groups excluding carboxylic acids is 3. The first-order chi connectivity index (χ1) is 9.95. The van der Waals surface area contributed by atoms with Crippen molar-refractivity contribution in [1.82, 2.24) is 0 Å². The molecule has 7 nitrogen and oxygen atoms in total. The maximum atomic E-state index is 11.8. The zero-order valence-electron chi connectivity index (χ0n) is 13.4. The minimum absolute atomic E-state index is 0.145. The van der Waals surface area contributed by atoms with E-state index in [0.717, 1.165) is 11.8 Å². The fourth-order valence-electron chi connectivity index (χ4n) is 1.09. The van der Waals surface area contributed by atoms with Crippen molar-refractivity contribution >= 4 is 34.8 Å². The highest BCUT2D eigenvalue weighted by Gasteiger charge is 2.29. The van der Waals surface area contributed by atoms with Gasteiger partial charge in [0, 0.05) is 12.7 Å². The summed E-state index contributed by atoms with van der Waals surface area (Å²) < 4.78 is 9.68. The third-order valence-electron chi connectivity index (χ3n) is 2.45. The number of aliphatic carboxylic acids is 1. The van der Waals surface area contributed by atoms with Crippen LogP contribution in [0.3, 0.4) is 0 Å². The van der Waals surface area contributed by atoms with Gasteiger partial charge in [0.25, 0.3) is 0 Å². The number of carboxylic acid groups (broad SMARTS) is 1. The van der Waals surface area contributed by atoms with Crippen molar-refractivity contribution in [2.45, 2.75) is 40.7 Å². The predicted octanol–water partition coefficient (Wildman–Crippen LogP) is 1.49. The Hall–Kier alpha value is -1.57. The number of ether oxygens (including phenoxy) is 2. The van der Waals surface area contributed by atoms with E-state index in [1.54, 1.807) is 20.8 Å². The Morgan fingerprint density at radius 1 is 1.18 bits per heavy atom. The normalized spacial score (nSPS) is 13.9. The lowest BCUT2D eigenvalue weighted by molar-refractivity contribution is -0.175. The van der Waals surface area contributed by atoms with E-state index in [4.69, 9.17) is 14.6 Å². The second-order valence-electron chi connectivity index (χ2n) is 5.82. The van der Waals surface area contributed by atoms with Crippen molar-refractivity contribution in [3.63, 3.8) is 0 Å². The first-order valence-corrected chi connectivity index (χ1v) is 7.67. The van der Waals surface area contributed by atoms with Gasteiger partial charge in [-0.15, -0.1) is 0 Å². The van der Waals surface area contributed by atoms with E-state index in [9.17, 15) is 19.2 Å². The van der Waals surface area contributed by atoms with E-state index in [-0.39, 0.29) is 10.9 Å². The van der Waals surface area contributed by atoms with Crippen molar-refractivity contribution in [1.29, 1.82) is 0 Å². The summed E-state index contributed by atoms with van der Waals surface area (Å²) in [5.41, 5.74) is -0.779. The van der Waals surface area contributed by atoms with E-state index in [2.05, 4.69) is 0 Å². The summed E-state index contributed by atoms with van der Waals surface area (Å²) in [6, 6.07) is 0. The highest BCUT2D eigenvalue weighted by Crippen LogP contribution is 2.16. The molecule has 22 heavy (non-hydrogen) atoms. The highest BCUT2D eigenvalue weighted by atomic mass is 32.2. The molecule has 0 saturated heterocycles. The summed E-state index contributed by atoms with van der Waals surface area (Å²) in [7, 11) is 0. The van der Waals surface area contributed by atoms with Gasteiger partial charge in [-0.2, -0.15) is 0 Å². The zero-order chi connectivity index (χ0) is 17.5. The number of thioether (sulfide) groups is 1. The molecule has 0 aromatic carbocycles. The zero-order valence-corrected chi connectivity index (χ0v) is 14.2. The number of rotatable bonds is 7. The SMILES string of the molecule is CC(=O)SC[C@@H](C)C(=O)OC(COC(=O)C(C)(C)C)C(=O)O. The van der Waals surface area contributed by atoms with Crippen LogP contribution in [0, 0.1) is 11.3 Å². The molecule has 0 saturated carbocycles. The Bertz CT molecular complexity index is 439. The molecule has 0 aliphatic rings. The molecule has 2 atom stereocenters. The molecular weight excluding hydrogens is 312 g/mol. The Morgan fingerprint density at radius 2 is 1.73 bits per heavy atom. The molecule has 1 unspecified atom stereocenters. The molecule has 0 amide bonds. The van der Waals surface area contributed by atoms with Crippen molar-refractivity contribution < 1.29 is 33.8 Å². The summed E-state index contributed by atoms with van der Waals surface area (Å²) in [6.45, 7) is 7.21. The molecule has 0 bridgehead atoms. The van der Waals surface area contributed by atoms with Crippen LogP contribution < -0.4 is 0 Å². The maximum absolute atomic E-state index is 11.8. The second-order valence-corrected chi connectivity index (χ2v) is 7.01. The fraction of sp³-hybridized carbons (Fsp3) is 0.714. The molecule has 0 radical (unpaired) electrons. The summed E-state index contributed by atoms with van der Waals surface area (Å²) in [5.74, 6) is -3.19. The molecule has 0 aromatic heterocycles. The quantitative estimate of drug-likeness (QED) is 0.698. The Labute approximate surface area is 133 Å². The Morgan fingerprint density at radius 3 is 2.14 bits per heavy atom. The van der Waals surface area contributed by atoms with Crippen molar-refractivity contribution in [3.05, 3.63) is 0 Å². The van der Waals surface area contributed by atoms with Crippen LogP contribution in [0.25, 0.3) is 0 Å². The third kappa shape index (κ3) is 8.02. The van der Waals surface area contributed by atoms with Crippen molar-refractivity contribution in [2.75, 3.05) is 12.4 Å². The monoisotopic (exact) mass is 334 g/mol. The molecule has 0 fully saturated rings. The maximum Gasteiger partial charge on any atom is 0.348 e. The standard InChI is InChI=1S/C14H22O7S/c1-8(7-22-9(2)15)12(18)21-10(11(16)17)6-20-13(19)14(3,4)5/h8,10H,6-7H2,1-5H3,(H,16,17)/t8-,10?/m1/s1. The first kappa shape index (κ1) is 20.4. The number of hydrogen-bond acceptors (Lipinski definition) is 7. The first-order valence-electron chi connectivity index (χ1n) is 6.69. The lowest BCUT2D eigenvalue weighted by Gasteiger charge is -2.20. The van der Waals surface area contributed by atoms with E-state index in [1.807, 2.05) is 0 Å². The fourth-order valence-corrected chi connectivity index (χ4v) is 1.71. The number of carboxylic acids is 1. The summed E-state index contributed by atoms with van der Waals surface area (Å²) in [5, 5.41) is 8.87. The largest absolute Gasteiger partial charge is 0.478 e. The van der Waals surface area contributed by atoms with Gasteiger partial charge in [-0.1, -0.05) is 18.7 Å². The van der Waals surface area contributed by atoms with Crippen LogP contribution in [0.5, 0.6) is 0 Å². The van der Waals surface area contributed by atoms with Gasteiger partial charge in [-0.3, -0.25) is 14.4 Å². The number of carbonyl (C=O) groups is 4. The van der Waals surface area contributed by atoms with Gasteiger partial charge >= 0.3 is 17.9 Å². The van der Waals surface area contributed by atoms with E-state index in [1.165, 1.54) is 13.8 Å². The Balaban J connectivity index is 4.52. The average Bonchev–Trinajstić information content (AvgIpc) is 2.38. The van der Waals surface area contributed by atoms with Crippen LogP contribution in [0.4, 0.5) is 0 Å². The average molecular weight is 334 g/mol. The van der Waals surface area contributed by atoms with Gasteiger partial charge in [0.2, 0.25) is 6.10 Å². The summed E-state index contributed by atoms with van der Waals surface area (Å²) in [4.78, 5) is 45.2. The molecule has 0 heterocycles. The van der Waals surface area contributed by atoms with Crippen LogP contribution in [-0.2, 0) is 28.7 Å². The molecular formula is C14H22O7S. The van der Waals surface area contributed by atoms with Crippen LogP contribution in [0.1, 0.15) is 34.6 Å². The van der Waals surface area contributed by atoms with Gasteiger partial charge in [0.1, 0.15) is 6.61 Å². The summed E-state index contributed by atoms with van der Waals surface area (Å²) in [6.07, 6.45) is -1.57. The number of hydrogen-bond donors (Lipinski definition) is 1. The van der Waals surface area contributed by atoms with Gasteiger partial charge in [0.05, 0.1) is 11.3 Å². The minimum atomic E-state index is -1.57. The lowest BCUT2D eigenvalue weighted by atomic mass is 9.97. The lowest BCUT2D eigenvalue weighted by Crippen LogP contribution is -2.36. The molecule has 0 aliphatic carbocycles. The number of esters is 2. The minimum Gasteiger partial charge on any atom is -0.478 e. The van der Waals surface area contributed by atoms with E-state index < -0.39 is 42.0 Å². The Kier molecular flexibility index (Phi) is 8.15. The second kappa shape index (κ2) is 8.77. The molecule has 8 heteroatoms. The third-order valence-corrected chi connectivity index (χ3v) is 3.52. The highest BCUT2D eigenvalue weighted by molar-refractivity contribution is 8.13. The van der Waals surface area contributed by atoms with Crippen LogP contribution in [0.2, 0.25) is 0 Å². The van der Waals surface area contributed by atoms with E-state index in [0.29, 0.717) is 0 Å². The molecule has 0 aliphatic heterocycles. The van der Waals surface area contributed by atoms with Gasteiger partial charge in [0.15, 0.2) is 5.12 Å². The van der Waals surface area contributed by atoms with Crippen LogP contribution in [0.15, 0.2) is 0 Å². The smallest absolute Gasteiger partial charge is 0.348 e. The van der Waals surface area contributed by atoms with Crippen LogP contribution in [-0.4, -0.2) is 46.6 Å². The molecule has 126 valence electrons. The predicted molar refractivity (Wildman–Crippen MR) is 80.2 cm³/mol. The van der Waals surface area contributed by atoms with Crippen molar-refractivity contribution in [3.8, 4) is 0 Å². The van der Waals surface area contributed by atoms with Crippen LogP contribution >= 0.6 is 11.8 Å². The molecule has 1 N–H and O–H groups in total. The summed E-state index contributed by atoms with van der Waals surface area (Å²) >= 11 is 0.952. The van der Waals surface area contributed by atoms with E-state index >= 15 is 0 Å². The van der Waals surface area contributed by atoms with Gasteiger partial charge in [-0.25, -0.2) is 4.79 Å². The van der Waals surface area contributed by atoms with Gasteiger partial charge in [-0.05, 0) is 20.8 Å². The van der Waals surface area contributed by atoms with Gasteiger partial charge < -0.3 is 14.6 Å². The molecule has 0 aromatic rings. The van der Waals surface area contributed by atoms with Crippen molar-refractivity contribution in [2.24, 2.45) is 11.3 Å². The molecule has 0 spiro atoms. The molecule has 0 rings (SSSR count). The topological polar surface area (TPSA) is 107 Å².